The van der Waals surface area contributed by atoms with Gasteiger partial charge in [-0.05, 0) is 43.7 Å². The van der Waals surface area contributed by atoms with E-state index in [0.717, 1.165) is 6.42 Å². The van der Waals surface area contributed by atoms with Crippen LogP contribution in [0.25, 0.3) is 5.52 Å². The summed E-state index contributed by atoms with van der Waals surface area (Å²) in [6.07, 6.45) is 4.92. The number of nitrogens with zero attached hydrogens (tertiary/aromatic N) is 2. The number of nitrogens with one attached hydrogen (secondary N) is 1. The van der Waals surface area contributed by atoms with E-state index in [9.17, 15) is 0 Å². The molecule has 1 N–H and O–H groups in total. The van der Waals surface area contributed by atoms with Crippen LogP contribution in [0.4, 0.5) is 0 Å². The molecule has 0 saturated carbocycles. The summed E-state index contributed by atoms with van der Waals surface area (Å²) in [6, 6.07) is 15.0. The van der Waals surface area contributed by atoms with Crippen molar-refractivity contribution in [3.63, 3.8) is 0 Å². The molecule has 0 fully saturated rings. The average Bonchev–Trinajstić information content (AvgIpc) is 2.90. The van der Waals surface area contributed by atoms with E-state index in [-0.39, 0.29) is 6.04 Å². The van der Waals surface area contributed by atoms with E-state index in [1.54, 1.807) is 0 Å². The number of rotatable bonds is 4. The van der Waals surface area contributed by atoms with Gasteiger partial charge >= 0.3 is 0 Å². The number of fused-ring (bicyclic) bond motifs is 1. The molecule has 3 nitrogen and oxygen atoms in total. The highest BCUT2D eigenvalue weighted by Crippen LogP contribution is 2.23. The summed E-state index contributed by atoms with van der Waals surface area (Å²) >= 11 is 0. The second kappa shape index (κ2) is 5.47. The minimum absolute atomic E-state index is 0.274. The third-order valence-electron chi connectivity index (χ3n) is 3.87. The Morgan fingerprint density at radius 2 is 1.95 bits per heavy atom. The van der Waals surface area contributed by atoms with E-state index in [1.165, 1.54) is 22.2 Å². The molecule has 1 aromatic carbocycles. The van der Waals surface area contributed by atoms with Crippen LogP contribution in [-0.2, 0) is 6.42 Å². The van der Waals surface area contributed by atoms with Crippen molar-refractivity contribution < 1.29 is 0 Å². The maximum absolute atomic E-state index is 4.43. The van der Waals surface area contributed by atoms with Gasteiger partial charge in [-0.3, -0.25) is 0 Å². The zero-order valence-corrected chi connectivity index (χ0v) is 11.9. The highest BCUT2D eigenvalue weighted by atomic mass is 15.2. The van der Waals surface area contributed by atoms with E-state index >= 15 is 0 Å². The van der Waals surface area contributed by atoms with Crippen LogP contribution in [-0.4, -0.2) is 16.7 Å². The van der Waals surface area contributed by atoms with Crippen molar-refractivity contribution in [2.24, 2.45) is 0 Å². The van der Waals surface area contributed by atoms with Gasteiger partial charge in [0.15, 0.2) is 0 Å². The lowest BCUT2D eigenvalue weighted by Crippen LogP contribution is -2.19. The van der Waals surface area contributed by atoms with E-state index in [1.807, 2.05) is 30.0 Å². The van der Waals surface area contributed by atoms with Crippen molar-refractivity contribution >= 4 is 5.52 Å². The molecule has 0 amide bonds. The van der Waals surface area contributed by atoms with Gasteiger partial charge in [-0.15, -0.1) is 0 Å². The van der Waals surface area contributed by atoms with Crippen molar-refractivity contribution in [3.8, 4) is 0 Å². The first-order valence-corrected chi connectivity index (χ1v) is 6.93. The lowest BCUT2D eigenvalue weighted by molar-refractivity contribution is 0.594. The van der Waals surface area contributed by atoms with Gasteiger partial charge in [0.2, 0.25) is 0 Å². The van der Waals surface area contributed by atoms with Gasteiger partial charge < -0.3 is 5.32 Å². The quantitative estimate of drug-likeness (QED) is 0.785. The zero-order chi connectivity index (χ0) is 13.9. The second-order valence-electron chi connectivity index (χ2n) is 5.10. The molecule has 102 valence electrons. The fourth-order valence-electron chi connectivity index (χ4n) is 2.65. The van der Waals surface area contributed by atoms with Crippen molar-refractivity contribution in [1.29, 1.82) is 0 Å². The normalized spacial score (nSPS) is 12.7. The molecule has 0 aliphatic rings. The Bertz CT molecular complexity index is 715. The molecular formula is C17H19N3. The lowest BCUT2D eigenvalue weighted by atomic mass is 9.97. The van der Waals surface area contributed by atoms with E-state index in [0.29, 0.717) is 0 Å². The first kappa shape index (κ1) is 12.9. The maximum atomic E-state index is 4.43. The molecule has 1 atom stereocenters. The van der Waals surface area contributed by atoms with Crippen LogP contribution in [0.5, 0.6) is 0 Å². The topological polar surface area (TPSA) is 29.3 Å². The minimum atomic E-state index is 0.274. The molecule has 1 unspecified atom stereocenters. The van der Waals surface area contributed by atoms with Crippen molar-refractivity contribution in [2.45, 2.75) is 19.4 Å². The number of hydrogen-bond donors (Lipinski definition) is 1. The van der Waals surface area contributed by atoms with E-state index in [4.69, 9.17) is 0 Å². The highest BCUT2D eigenvalue weighted by Gasteiger charge is 2.15. The van der Waals surface area contributed by atoms with Gasteiger partial charge in [-0.1, -0.05) is 30.3 Å². The summed E-state index contributed by atoms with van der Waals surface area (Å²) in [5, 5.41) is 7.85. The molecule has 3 aromatic rings. The van der Waals surface area contributed by atoms with Crippen molar-refractivity contribution in [2.75, 3.05) is 7.05 Å². The van der Waals surface area contributed by atoms with Gasteiger partial charge in [0.05, 0.1) is 11.7 Å². The Morgan fingerprint density at radius 3 is 2.75 bits per heavy atom. The third kappa shape index (κ3) is 2.32. The van der Waals surface area contributed by atoms with Gasteiger partial charge in [-0.25, -0.2) is 4.52 Å². The summed E-state index contributed by atoms with van der Waals surface area (Å²) in [7, 11) is 2.01. The van der Waals surface area contributed by atoms with E-state index in [2.05, 4.69) is 53.7 Å². The highest BCUT2D eigenvalue weighted by molar-refractivity contribution is 5.55. The number of aryl methyl sites for hydroxylation is 1. The number of benzene rings is 1. The van der Waals surface area contributed by atoms with Crippen LogP contribution in [0.15, 0.2) is 54.9 Å². The van der Waals surface area contributed by atoms with Crippen LogP contribution < -0.4 is 5.32 Å². The fraction of sp³-hybridized carbons (Fsp3) is 0.235. The molecule has 2 heterocycles. The molecule has 0 aliphatic heterocycles. The van der Waals surface area contributed by atoms with Crippen LogP contribution >= 0.6 is 0 Å². The summed E-state index contributed by atoms with van der Waals surface area (Å²) in [6.45, 7) is 2.16. The summed E-state index contributed by atoms with van der Waals surface area (Å²) in [5.41, 5.74) is 5.13. The molecule has 20 heavy (non-hydrogen) atoms. The maximum Gasteiger partial charge on any atom is 0.0709 e. The number of likely N-dealkylation sites (N-methyl/N-ethyl adjacent to an activating group) is 1. The Kier molecular flexibility index (Phi) is 3.52. The molecular weight excluding hydrogens is 246 g/mol. The largest absolute Gasteiger partial charge is 0.313 e. The van der Waals surface area contributed by atoms with Gasteiger partial charge in [0.25, 0.3) is 0 Å². The van der Waals surface area contributed by atoms with Crippen LogP contribution in [0, 0.1) is 6.92 Å². The van der Waals surface area contributed by atoms with Gasteiger partial charge in [0.1, 0.15) is 0 Å². The predicted octanol–water partition coefficient (Wildman–Crippen LogP) is 3.15. The molecule has 0 radical (unpaired) electrons. The van der Waals surface area contributed by atoms with Crippen LogP contribution in [0.1, 0.15) is 22.7 Å². The molecule has 0 bridgehead atoms. The average molecular weight is 265 g/mol. The zero-order valence-electron chi connectivity index (χ0n) is 11.9. The predicted molar refractivity (Wildman–Crippen MR) is 81.9 cm³/mol. The standard InChI is InChI=1S/C17H19N3/c1-13-7-3-4-8-14(13)11-16(18-2)15-12-19-20-10-6-5-9-17(15)20/h3-10,12,16,18H,11H2,1-2H3. The smallest absolute Gasteiger partial charge is 0.0709 e. The number of aromatic nitrogens is 2. The second-order valence-corrected chi connectivity index (χ2v) is 5.10. The third-order valence-corrected chi connectivity index (χ3v) is 3.87. The first-order valence-electron chi connectivity index (χ1n) is 6.93. The van der Waals surface area contributed by atoms with Crippen LogP contribution in [0.2, 0.25) is 0 Å². The summed E-state index contributed by atoms with van der Waals surface area (Å²) < 4.78 is 1.93. The lowest BCUT2D eigenvalue weighted by Gasteiger charge is -2.16. The Morgan fingerprint density at radius 1 is 1.15 bits per heavy atom. The number of hydrogen-bond acceptors (Lipinski definition) is 2. The first-order chi connectivity index (χ1) is 9.79. The monoisotopic (exact) mass is 265 g/mol. The van der Waals surface area contributed by atoms with Crippen molar-refractivity contribution in [3.05, 3.63) is 71.5 Å². The van der Waals surface area contributed by atoms with E-state index < -0.39 is 0 Å². The minimum Gasteiger partial charge on any atom is -0.313 e. The van der Waals surface area contributed by atoms with Gasteiger partial charge in [-0.2, -0.15) is 5.10 Å². The Hall–Kier alpha value is -2.13. The molecule has 2 aromatic heterocycles. The summed E-state index contributed by atoms with van der Waals surface area (Å²) in [5.74, 6) is 0. The Balaban J connectivity index is 1.96. The molecule has 0 aliphatic carbocycles. The van der Waals surface area contributed by atoms with Crippen molar-refractivity contribution in [1.82, 2.24) is 14.9 Å². The Labute approximate surface area is 119 Å². The summed E-state index contributed by atoms with van der Waals surface area (Å²) in [4.78, 5) is 0. The van der Waals surface area contributed by atoms with Crippen LogP contribution in [0.3, 0.4) is 0 Å². The molecule has 3 rings (SSSR count). The fourth-order valence-corrected chi connectivity index (χ4v) is 2.65. The molecule has 3 heteroatoms. The number of pyridine rings is 1. The molecule has 0 saturated heterocycles. The SMILES string of the molecule is CNC(Cc1ccccc1C)c1cnn2ccccc12. The van der Waals surface area contributed by atoms with Gasteiger partial charge in [0, 0.05) is 17.8 Å². The molecule has 0 spiro atoms.